The summed E-state index contributed by atoms with van der Waals surface area (Å²) >= 11 is 0. The van der Waals surface area contributed by atoms with Gasteiger partial charge in [0.15, 0.2) is 0 Å². The maximum atomic E-state index is 11.8. The number of unbranched alkanes of at least 4 members (excludes halogenated alkanes) is 2. The summed E-state index contributed by atoms with van der Waals surface area (Å²) < 4.78 is 5.32. The smallest absolute Gasteiger partial charge is 0.335 e. The topological polar surface area (TPSA) is 66.8 Å². The summed E-state index contributed by atoms with van der Waals surface area (Å²) in [6.45, 7) is 5.75. The molecule has 4 nitrogen and oxygen atoms in total. The number of hydrogen-bond acceptors (Lipinski definition) is 4. The van der Waals surface area contributed by atoms with Gasteiger partial charge in [-0.05, 0) is 67.6 Å². The molecule has 3 aliphatic rings. The number of rotatable bonds is 13. The fraction of sp³-hybridized carbons (Fsp3) is 0.900. The van der Waals surface area contributed by atoms with Crippen molar-refractivity contribution >= 4 is 5.97 Å². The molecule has 196 valence electrons. The summed E-state index contributed by atoms with van der Waals surface area (Å²) in [5.41, 5.74) is 0.0822. The summed E-state index contributed by atoms with van der Waals surface area (Å²) in [7, 11) is 0. The van der Waals surface area contributed by atoms with E-state index < -0.39 is 5.97 Å². The van der Waals surface area contributed by atoms with Crippen LogP contribution in [0.3, 0.4) is 0 Å². The SMILES string of the molecule is C=C(CO)C(=O)OCC(CO)C1CCC2CC(CCC3CCC(CCCCC)CC3)CCC2C1. The minimum Gasteiger partial charge on any atom is -0.462 e. The van der Waals surface area contributed by atoms with Gasteiger partial charge in [-0.1, -0.05) is 84.1 Å². The van der Waals surface area contributed by atoms with Gasteiger partial charge < -0.3 is 14.9 Å². The Morgan fingerprint density at radius 2 is 1.47 bits per heavy atom. The molecule has 0 spiro atoms. The Balaban J connectivity index is 1.34. The number of carbonyl (C=O) groups is 1. The van der Waals surface area contributed by atoms with Crippen LogP contribution in [0.15, 0.2) is 12.2 Å². The van der Waals surface area contributed by atoms with Gasteiger partial charge in [-0.2, -0.15) is 0 Å². The van der Waals surface area contributed by atoms with E-state index in [9.17, 15) is 9.90 Å². The molecule has 0 bridgehead atoms. The van der Waals surface area contributed by atoms with Crippen LogP contribution >= 0.6 is 0 Å². The molecule has 0 aromatic heterocycles. The fourth-order valence-corrected chi connectivity index (χ4v) is 7.36. The number of fused-ring (bicyclic) bond motifs is 1. The van der Waals surface area contributed by atoms with E-state index in [4.69, 9.17) is 9.84 Å². The second-order valence-electron chi connectivity index (χ2n) is 12.0. The lowest BCUT2D eigenvalue weighted by molar-refractivity contribution is -0.142. The predicted molar refractivity (Wildman–Crippen MR) is 138 cm³/mol. The lowest BCUT2D eigenvalue weighted by Crippen LogP contribution is -2.36. The van der Waals surface area contributed by atoms with Gasteiger partial charge in [-0.3, -0.25) is 0 Å². The van der Waals surface area contributed by atoms with Crippen LogP contribution in [-0.4, -0.2) is 36.0 Å². The Morgan fingerprint density at radius 3 is 2.15 bits per heavy atom. The molecule has 0 radical (unpaired) electrons. The van der Waals surface area contributed by atoms with Crippen molar-refractivity contribution < 1.29 is 19.7 Å². The number of aliphatic hydroxyl groups excluding tert-OH is 2. The Kier molecular flexibility index (Phi) is 11.9. The molecule has 4 heteroatoms. The standard InChI is InChI=1S/C30H52O4/c1-3-4-5-6-23-7-9-24(10-8-23)11-12-25-13-14-27-18-28(16-15-26(27)17-25)29(20-32)21-34-30(33)22(2)19-31/h23-29,31-32H,2-21H2,1H3. The summed E-state index contributed by atoms with van der Waals surface area (Å²) in [4.78, 5) is 11.8. The third-order valence-electron chi connectivity index (χ3n) is 9.74. The van der Waals surface area contributed by atoms with Gasteiger partial charge in [0, 0.05) is 12.5 Å². The molecule has 5 atom stereocenters. The molecule has 0 amide bonds. The predicted octanol–water partition coefficient (Wildman–Crippen LogP) is 6.69. The number of aliphatic hydroxyl groups is 2. The van der Waals surface area contributed by atoms with Gasteiger partial charge in [-0.25, -0.2) is 4.79 Å². The summed E-state index contributed by atoms with van der Waals surface area (Å²) in [6.07, 6.45) is 22.2. The minimum absolute atomic E-state index is 0.00576. The highest BCUT2D eigenvalue weighted by atomic mass is 16.5. The van der Waals surface area contributed by atoms with Gasteiger partial charge in [0.1, 0.15) is 0 Å². The van der Waals surface area contributed by atoms with Crippen molar-refractivity contribution in [2.75, 3.05) is 19.8 Å². The monoisotopic (exact) mass is 476 g/mol. The van der Waals surface area contributed by atoms with Gasteiger partial charge >= 0.3 is 5.97 Å². The van der Waals surface area contributed by atoms with Crippen molar-refractivity contribution in [3.05, 3.63) is 12.2 Å². The first-order chi connectivity index (χ1) is 16.5. The normalized spacial score (nSPS) is 32.6. The zero-order valence-corrected chi connectivity index (χ0v) is 21.9. The van der Waals surface area contributed by atoms with Crippen LogP contribution in [0.25, 0.3) is 0 Å². The fourth-order valence-electron chi connectivity index (χ4n) is 7.36. The Hall–Kier alpha value is -0.870. The van der Waals surface area contributed by atoms with E-state index >= 15 is 0 Å². The molecule has 3 aliphatic carbocycles. The molecule has 5 unspecified atom stereocenters. The van der Waals surface area contributed by atoms with E-state index in [2.05, 4.69) is 13.5 Å². The van der Waals surface area contributed by atoms with E-state index in [0.717, 1.165) is 36.0 Å². The molecule has 3 rings (SSSR count). The van der Waals surface area contributed by atoms with E-state index in [1.807, 2.05) is 0 Å². The number of carbonyl (C=O) groups excluding carboxylic acids is 1. The highest BCUT2D eigenvalue weighted by Gasteiger charge is 2.38. The zero-order valence-electron chi connectivity index (χ0n) is 21.9. The van der Waals surface area contributed by atoms with Crippen LogP contribution in [0.1, 0.15) is 110 Å². The van der Waals surface area contributed by atoms with Crippen molar-refractivity contribution in [1.29, 1.82) is 0 Å². The molecule has 0 heterocycles. The summed E-state index contributed by atoms with van der Waals surface area (Å²) in [5, 5.41) is 19.0. The molecule has 34 heavy (non-hydrogen) atoms. The molecular formula is C30H52O4. The van der Waals surface area contributed by atoms with E-state index in [1.165, 1.54) is 96.3 Å². The van der Waals surface area contributed by atoms with Crippen LogP contribution in [-0.2, 0) is 9.53 Å². The van der Waals surface area contributed by atoms with Crippen LogP contribution in [0, 0.1) is 41.4 Å². The van der Waals surface area contributed by atoms with E-state index in [0.29, 0.717) is 5.92 Å². The molecule has 3 saturated carbocycles. The molecule has 0 saturated heterocycles. The zero-order chi connectivity index (χ0) is 24.3. The first kappa shape index (κ1) is 27.7. The maximum Gasteiger partial charge on any atom is 0.335 e. The molecule has 2 N–H and O–H groups in total. The molecular weight excluding hydrogens is 424 g/mol. The van der Waals surface area contributed by atoms with Crippen molar-refractivity contribution in [3.8, 4) is 0 Å². The molecule has 3 fully saturated rings. The number of hydrogen-bond donors (Lipinski definition) is 2. The Morgan fingerprint density at radius 1 is 0.853 bits per heavy atom. The molecule has 0 aromatic carbocycles. The second-order valence-corrected chi connectivity index (χ2v) is 12.0. The van der Waals surface area contributed by atoms with Gasteiger partial charge in [0.2, 0.25) is 0 Å². The van der Waals surface area contributed by atoms with Crippen molar-refractivity contribution in [2.45, 2.75) is 110 Å². The largest absolute Gasteiger partial charge is 0.462 e. The summed E-state index contributed by atoms with van der Waals surface area (Å²) in [6, 6.07) is 0. The highest BCUT2D eigenvalue weighted by Crippen LogP contribution is 2.48. The van der Waals surface area contributed by atoms with Crippen LogP contribution in [0.5, 0.6) is 0 Å². The molecule has 0 aliphatic heterocycles. The van der Waals surface area contributed by atoms with Crippen molar-refractivity contribution in [3.63, 3.8) is 0 Å². The van der Waals surface area contributed by atoms with E-state index in [-0.39, 0.29) is 31.3 Å². The minimum atomic E-state index is -0.542. The van der Waals surface area contributed by atoms with Gasteiger partial charge in [0.25, 0.3) is 0 Å². The first-order valence-corrected chi connectivity index (χ1v) is 14.6. The van der Waals surface area contributed by atoms with Crippen molar-refractivity contribution in [1.82, 2.24) is 0 Å². The van der Waals surface area contributed by atoms with Crippen LogP contribution in [0.4, 0.5) is 0 Å². The number of esters is 1. The van der Waals surface area contributed by atoms with E-state index in [1.54, 1.807) is 0 Å². The highest BCUT2D eigenvalue weighted by molar-refractivity contribution is 5.87. The lowest BCUT2D eigenvalue weighted by atomic mass is 9.62. The molecule has 0 aromatic rings. The summed E-state index contributed by atoms with van der Waals surface area (Å²) in [5.74, 6) is 4.49. The lowest BCUT2D eigenvalue weighted by Gasteiger charge is -2.44. The van der Waals surface area contributed by atoms with Crippen molar-refractivity contribution in [2.24, 2.45) is 41.4 Å². The Labute approximate surface area is 208 Å². The van der Waals surface area contributed by atoms with Crippen LogP contribution < -0.4 is 0 Å². The quantitative estimate of drug-likeness (QED) is 0.177. The second kappa shape index (κ2) is 14.6. The Bertz CT molecular complexity index is 609. The maximum absolute atomic E-state index is 11.8. The van der Waals surface area contributed by atoms with Gasteiger partial charge in [0.05, 0.1) is 18.8 Å². The van der Waals surface area contributed by atoms with Gasteiger partial charge in [-0.15, -0.1) is 0 Å². The first-order valence-electron chi connectivity index (χ1n) is 14.6. The number of ether oxygens (including phenoxy) is 1. The third-order valence-corrected chi connectivity index (χ3v) is 9.74. The van der Waals surface area contributed by atoms with Crippen LogP contribution in [0.2, 0.25) is 0 Å². The average molecular weight is 477 g/mol. The third kappa shape index (κ3) is 8.36. The average Bonchev–Trinajstić information content (AvgIpc) is 2.88.